The predicted molar refractivity (Wildman–Crippen MR) is 48.9 cm³/mol. The van der Waals surface area contributed by atoms with Crippen molar-refractivity contribution in [3.8, 4) is 0 Å². The van der Waals surface area contributed by atoms with Gasteiger partial charge in [0.25, 0.3) is 0 Å². The molecule has 2 N–H and O–H groups in total. The maximum Gasteiger partial charge on any atom is 0.225 e. The summed E-state index contributed by atoms with van der Waals surface area (Å²) < 4.78 is 0. The van der Waals surface area contributed by atoms with E-state index in [9.17, 15) is 4.79 Å². The zero-order valence-electron chi connectivity index (χ0n) is 8.11. The van der Waals surface area contributed by atoms with Gasteiger partial charge in [-0.05, 0) is 13.0 Å². The first kappa shape index (κ1) is 9.52. The Morgan fingerprint density at radius 1 is 1.50 bits per heavy atom. The summed E-state index contributed by atoms with van der Waals surface area (Å²) in [5, 5.41) is 6.23. The third-order valence-electron chi connectivity index (χ3n) is 2.08. The van der Waals surface area contributed by atoms with Crippen LogP contribution in [0, 0.1) is 5.41 Å². The molecule has 12 heavy (non-hydrogen) atoms. The number of amides is 1. The summed E-state index contributed by atoms with van der Waals surface area (Å²) in [6, 6.07) is 0.344. The Balaban J connectivity index is 2.35. The van der Waals surface area contributed by atoms with Crippen molar-refractivity contribution in [2.45, 2.75) is 33.2 Å². The van der Waals surface area contributed by atoms with Crippen LogP contribution >= 0.6 is 0 Å². The lowest BCUT2D eigenvalue weighted by Gasteiger charge is -2.20. The van der Waals surface area contributed by atoms with Crippen LogP contribution in [-0.2, 0) is 4.79 Å². The molecule has 0 aromatic carbocycles. The van der Waals surface area contributed by atoms with E-state index in [0.29, 0.717) is 6.04 Å². The van der Waals surface area contributed by atoms with Gasteiger partial charge in [0.05, 0.1) is 0 Å². The second kappa shape index (κ2) is 3.44. The van der Waals surface area contributed by atoms with Crippen molar-refractivity contribution in [1.82, 2.24) is 10.6 Å². The molecule has 1 aliphatic heterocycles. The van der Waals surface area contributed by atoms with E-state index >= 15 is 0 Å². The first-order valence-corrected chi connectivity index (χ1v) is 4.52. The van der Waals surface area contributed by atoms with Crippen molar-refractivity contribution in [3.05, 3.63) is 0 Å². The summed E-state index contributed by atoms with van der Waals surface area (Å²) in [5.74, 6) is 0.149. The normalized spacial score (nSPS) is 24.1. The smallest absolute Gasteiger partial charge is 0.225 e. The Kier molecular flexibility index (Phi) is 2.73. The quantitative estimate of drug-likeness (QED) is 0.602. The van der Waals surface area contributed by atoms with Gasteiger partial charge in [-0.15, -0.1) is 0 Å². The maximum absolute atomic E-state index is 11.5. The van der Waals surface area contributed by atoms with Crippen LogP contribution in [0.15, 0.2) is 0 Å². The Bertz CT molecular complexity index is 166. The Labute approximate surface area is 73.9 Å². The van der Waals surface area contributed by atoms with Crippen LogP contribution in [0.25, 0.3) is 0 Å². The molecule has 1 fully saturated rings. The number of nitrogens with one attached hydrogen (secondary N) is 2. The Morgan fingerprint density at radius 3 is 2.58 bits per heavy atom. The average molecular weight is 170 g/mol. The molecule has 0 aromatic rings. The van der Waals surface area contributed by atoms with Crippen LogP contribution in [0.1, 0.15) is 27.2 Å². The van der Waals surface area contributed by atoms with E-state index in [1.54, 1.807) is 0 Å². The predicted octanol–water partition coefficient (Wildman–Crippen LogP) is 0.511. The van der Waals surface area contributed by atoms with Crippen molar-refractivity contribution in [2.24, 2.45) is 5.41 Å². The minimum Gasteiger partial charge on any atom is -0.352 e. The number of carbonyl (C=O) groups is 1. The third-order valence-corrected chi connectivity index (χ3v) is 2.08. The molecule has 70 valence electrons. The van der Waals surface area contributed by atoms with E-state index < -0.39 is 0 Å². The molecule has 0 aliphatic carbocycles. The molecule has 3 heteroatoms. The SMILES string of the molecule is CC(C)(C)C(=O)NC1CCNC1. The van der Waals surface area contributed by atoms with Crippen LogP contribution < -0.4 is 10.6 Å². The lowest BCUT2D eigenvalue weighted by Crippen LogP contribution is -2.42. The van der Waals surface area contributed by atoms with E-state index in [2.05, 4.69) is 10.6 Å². The summed E-state index contributed by atoms with van der Waals surface area (Å²) in [6.07, 6.45) is 1.06. The third kappa shape index (κ3) is 2.48. The highest BCUT2D eigenvalue weighted by molar-refractivity contribution is 5.81. The van der Waals surface area contributed by atoms with Crippen LogP contribution in [-0.4, -0.2) is 25.0 Å². The van der Waals surface area contributed by atoms with Gasteiger partial charge in [0.2, 0.25) is 5.91 Å². The fourth-order valence-electron chi connectivity index (χ4n) is 1.18. The number of hydrogen-bond acceptors (Lipinski definition) is 2. The van der Waals surface area contributed by atoms with E-state index in [1.807, 2.05) is 20.8 Å². The van der Waals surface area contributed by atoms with E-state index in [-0.39, 0.29) is 11.3 Å². The molecular formula is C9H18N2O. The zero-order chi connectivity index (χ0) is 9.19. The first-order chi connectivity index (χ1) is 5.50. The molecule has 1 heterocycles. The minimum atomic E-state index is -0.261. The minimum absolute atomic E-state index is 0.149. The van der Waals surface area contributed by atoms with Gasteiger partial charge in [-0.25, -0.2) is 0 Å². The molecule has 3 nitrogen and oxygen atoms in total. The second-order valence-corrected chi connectivity index (χ2v) is 4.41. The molecular weight excluding hydrogens is 152 g/mol. The van der Waals surface area contributed by atoms with Crippen LogP contribution in [0.5, 0.6) is 0 Å². The lowest BCUT2D eigenvalue weighted by atomic mass is 9.95. The van der Waals surface area contributed by atoms with Gasteiger partial charge in [0, 0.05) is 18.0 Å². The zero-order valence-corrected chi connectivity index (χ0v) is 8.11. The molecule has 1 amide bonds. The molecule has 0 spiro atoms. The highest BCUT2D eigenvalue weighted by Gasteiger charge is 2.25. The van der Waals surface area contributed by atoms with Crippen LogP contribution in [0.3, 0.4) is 0 Å². The van der Waals surface area contributed by atoms with E-state index in [4.69, 9.17) is 0 Å². The summed E-state index contributed by atoms with van der Waals surface area (Å²) in [7, 11) is 0. The lowest BCUT2D eigenvalue weighted by molar-refractivity contribution is -0.129. The molecule has 0 radical (unpaired) electrons. The summed E-state index contributed by atoms with van der Waals surface area (Å²) in [6.45, 7) is 7.75. The second-order valence-electron chi connectivity index (χ2n) is 4.41. The summed E-state index contributed by atoms with van der Waals surface area (Å²) in [5.41, 5.74) is -0.261. The Hall–Kier alpha value is -0.570. The van der Waals surface area contributed by atoms with E-state index in [1.165, 1.54) is 0 Å². The van der Waals surface area contributed by atoms with Crippen molar-refractivity contribution in [3.63, 3.8) is 0 Å². The van der Waals surface area contributed by atoms with E-state index in [0.717, 1.165) is 19.5 Å². The molecule has 0 bridgehead atoms. The maximum atomic E-state index is 11.5. The molecule has 1 rings (SSSR count). The fourth-order valence-corrected chi connectivity index (χ4v) is 1.18. The van der Waals surface area contributed by atoms with Crippen molar-refractivity contribution < 1.29 is 4.79 Å². The highest BCUT2D eigenvalue weighted by Crippen LogP contribution is 2.13. The molecule has 1 saturated heterocycles. The number of carbonyl (C=O) groups excluding carboxylic acids is 1. The van der Waals surface area contributed by atoms with Gasteiger partial charge >= 0.3 is 0 Å². The van der Waals surface area contributed by atoms with Crippen LogP contribution in [0.2, 0.25) is 0 Å². The standard InChI is InChI=1S/C9H18N2O/c1-9(2,3)8(12)11-7-4-5-10-6-7/h7,10H,4-6H2,1-3H3,(H,11,12). The average Bonchev–Trinajstić information content (AvgIpc) is 2.37. The van der Waals surface area contributed by atoms with Gasteiger partial charge in [-0.3, -0.25) is 4.79 Å². The van der Waals surface area contributed by atoms with Crippen LogP contribution in [0.4, 0.5) is 0 Å². The monoisotopic (exact) mass is 170 g/mol. The molecule has 1 atom stereocenters. The molecule has 0 saturated carbocycles. The topological polar surface area (TPSA) is 41.1 Å². The number of hydrogen-bond donors (Lipinski definition) is 2. The first-order valence-electron chi connectivity index (χ1n) is 4.52. The molecule has 1 aliphatic rings. The summed E-state index contributed by atoms with van der Waals surface area (Å²) in [4.78, 5) is 11.5. The van der Waals surface area contributed by atoms with Crippen molar-refractivity contribution in [2.75, 3.05) is 13.1 Å². The van der Waals surface area contributed by atoms with Gasteiger partial charge < -0.3 is 10.6 Å². The van der Waals surface area contributed by atoms with Crippen molar-refractivity contribution in [1.29, 1.82) is 0 Å². The number of rotatable bonds is 1. The molecule has 0 aromatic heterocycles. The Morgan fingerprint density at radius 2 is 2.17 bits per heavy atom. The van der Waals surface area contributed by atoms with Gasteiger partial charge in [-0.1, -0.05) is 20.8 Å². The van der Waals surface area contributed by atoms with Crippen molar-refractivity contribution >= 4 is 5.91 Å². The fraction of sp³-hybridized carbons (Fsp3) is 0.889. The highest BCUT2D eigenvalue weighted by atomic mass is 16.2. The van der Waals surface area contributed by atoms with Gasteiger partial charge in [0.1, 0.15) is 0 Å². The van der Waals surface area contributed by atoms with Gasteiger partial charge in [0.15, 0.2) is 0 Å². The van der Waals surface area contributed by atoms with Gasteiger partial charge in [-0.2, -0.15) is 0 Å². The summed E-state index contributed by atoms with van der Waals surface area (Å²) >= 11 is 0. The largest absolute Gasteiger partial charge is 0.352 e. The molecule has 1 unspecified atom stereocenters.